The maximum Gasteiger partial charge on any atom is 0.200 e. The van der Waals surface area contributed by atoms with Crippen LogP contribution in [0.5, 0.6) is 5.75 Å². The Balaban J connectivity index is 2.35. The molecule has 4 aromatic carbocycles. The van der Waals surface area contributed by atoms with Crippen molar-refractivity contribution in [1.82, 2.24) is 0 Å². The summed E-state index contributed by atoms with van der Waals surface area (Å²) < 4.78 is 157. The van der Waals surface area contributed by atoms with Crippen LogP contribution >= 0.6 is 0 Å². The molecular formula is C22H5F11O. The normalized spacial score (nSPS) is 11.5. The van der Waals surface area contributed by atoms with E-state index in [9.17, 15) is 44.6 Å². The summed E-state index contributed by atoms with van der Waals surface area (Å²) in [4.78, 5) is 0. The van der Waals surface area contributed by atoms with Crippen LogP contribution in [0.2, 0.25) is 0 Å². The highest BCUT2D eigenvalue weighted by molar-refractivity contribution is 6.06. The van der Waals surface area contributed by atoms with E-state index in [0.717, 1.165) is 24.3 Å². The van der Waals surface area contributed by atoms with Crippen LogP contribution < -0.4 is 0 Å². The highest BCUT2D eigenvalue weighted by atomic mass is 19.2. The molecule has 4 aromatic rings. The topological polar surface area (TPSA) is 20.2 Å². The largest absolute Gasteiger partial charge is 0.508 e. The Morgan fingerprint density at radius 2 is 0.676 bits per heavy atom. The van der Waals surface area contributed by atoms with Crippen molar-refractivity contribution in [2.45, 2.75) is 0 Å². The van der Waals surface area contributed by atoms with Gasteiger partial charge < -0.3 is 5.11 Å². The van der Waals surface area contributed by atoms with Crippen LogP contribution in [0.4, 0.5) is 48.3 Å². The lowest BCUT2D eigenvalue weighted by Crippen LogP contribution is -2.09. The first-order chi connectivity index (χ1) is 15.9. The van der Waals surface area contributed by atoms with Crippen LogP contribution in [0.25, 0.3) is 33.0 Å². The zero-order chi connectivity index (χ0) is 25.2. The van der Waals surface area contributed by atoms with Gasteiger partial charge in [-0.15, -0.1) is 0 Å². The summed E-state index contributed by atoms with van der Waals surface area (Å²) in [5.41, 5.74) is -6.14. The molecule has 0 aromatic heterocycles. The van der Waals surface area contributed by atoms with Gasteiger partial charge in [-0.05, 0) is 17.7 Å². The minimum Gasteiger partial charge on any atom is -0.508 e. The van der Waals surface area contributed by atoms with Crippen molar-refractivity contribution >= 4 is 10.8 Å². The molecule has 0 saturated carbocycles. The number of aromatic hydroxyl groups is 1. The van der Waals surface area contributed by atoms with E-state index in [1.165, 1.54) is 0 Å². The maximum atomic E-state index is 15.1. The maximum absolute atomic E-state index is 15.1. The van der Waals surface area contributed by atoms with Crippen molar-refractivity contribution in [3.8, 4) is 28.0 Å². The van der Waals surface area contributed by atoms with Crippen LogP contribution in [-0.4, -0.2) is 5.11 Å². The van der Waals surface area contributed by atoms with Crippen LogP contribution in [0.1, 0.15) is 0 Å². The molecule has 0 saturated heterocycles. The molecule has 12 heteroatoms. The van der Waals surface area contributed by atoms with Gasteiger partial charge >= 0.3 is 0 Å². The Morgan fingerprint density at radius 1 is 0.353 bits per heavy atom. The molecule has 0 aliphatic heterocycles. The standard InChI is InChI=1S/C22H5F11O/c23-12-7(5-1-3-6(34)4-2-5)8-9(15(26)19(30)18(29)14(8)25)10(13(12)24)11-16(27)20(31)22(33)21(32)17(11)28/h1-4,34H. The van der Waals surface area contributed by atoms with E-state index in [-0.39, 0.29) is 0 Å². The summed E-state index contributed by atoms with van der Waals surface area (Å²) >= 11 is 0. The molecule has 0 aliphatic rings. The number of halogens is 11. The molecule has 0 spiro atoms. The van der Waals surface area contributed by atoms with E-state index in [1.807, 2.05) is 0 Å². The fraction of sp³-hybridized carbons (Fsp3) is 0. The molecule has 0 aliphatic carbocycles. The third-order valence-electron chi connectivity index (χ3n) is 5.01. The van der Waals surface area contributed by atoms with Gasteiger partial charge in [0.25, 0.3) is 0 Å². The predicted octanol–water partition coefficient (Wildman–Crippen LogP) is 7.41. The molecule has 0 heterocycles. The van der Waals surface area contributed by atoms with Gasteiger partial charge in [0.2, 0.25) is 5.82 Å². The number of rotatable bonds is 2. The zero-order valence-corrected chi connectivity index (χ0v) is 15.9. The first kappa shape index (κ1) is 23.3. The SMILES string of the molecule is Oc1ccc(-c2c(F)c(F)c(-c3c(F)c(F)c(F)c(F)c3F)c3c(F)c(F)c(F)c(F)c23)cc1. The average Bonchev–Trinajstić information content (AvgIpc) is 2.82. The molecule has 0 radical (unpaired) electrons. The number of hydrogen-bond donors (Lipinski definition) is 1. The fourth-order valence-corrected chi connectivity index (χ4v) is 3.50. The number of benzene rings is 4. The van der Waals surface area contributed by atoms with Gasteiger partial charge in [-0.2, -0.15) is 0 Å². The van der Waals surface area contributed by atoms with Gasteiger partial charge in [0.15, 0.2) is 58.2 Å². The Bertz CT molecular complexity index is 1480. The summed E-state index contributed by atoms with van der Waals surface area (Å²) in [6, 6.07) is 3.38. The number of phenols is 1. The van der Waals surface area contributed by atoms with Crippen molar-refractivity contribution in [2.75, 3.05) is 0 Å². The summed E-state index contributed by atoms with van der Waals surface area (Å²) in [7, 11) is 0. The van der Waals surface area contributed by atoms with E-state index < -0.39 is 103 Å². The van der Waals surface area contributed by atoms with Gasteiger partial charge in [-0.25, -0.2) is 48.3 Å². The molecule has 0 unspecified atom stereocenters. The molecular weight excluding hydrogens is 489 g/mol. The second-order valence-electron chi connectivity index (χ2n) is 6.88. The molecule has 0 atom stereocenters. The third-order valence-corrected chi connectivity index (χ3v) is 5.01. The first-order valence-electron chi connectivity index (χ1n) is 8.87. The fourth-order valence-electron chi connectivity index (χ4n) is 3.50. The van der Waals surface area contributed by atoms with E-state index in [1.54, 1.807) is 0 Å². The Kier molecular flexibility index (Phi) is 5.41. The van der Waals surface area contributed by atoms with Gasteiger partial charge in [0.1, 0.15) is 5.75 Å². The summed E-state index contributed by atoms with van der Waals surface area (Å²) in [6.07, 6.45) is 0. The smallest absolute Gasteiger partial charge is 0.200 e. The summed E-state index contributed by atoms with van der Waals surface area (Å²) in [5.74, 6) is -28.6. The average molecular weight is 494 g/mol. The van der Waals surface area contributed by atoms with Gasteiger partial charge in [-0.1, -0.05) is 12.1 Å². The number of hydrogen-bond acceptors (Lipinski definition) is 1. The lowest BCUT2D eigenvalue weighted by Gasteiger charge is -2.18. The second-order valence-corrected chi connectivity index (χ2v) is 6.88. The zero-order valence-electron chi connectivity index (χ0n) is 15.9. The van der Waals surface area contributed by atoms with Crippen LogP contribution in [0.15, 0.2) is 24.3 Å². The molecule has 176 valence electrons. The highest BCUT2D eigenvalue weighted by Crippen LogP contribution is 2.46. The minimum absolute atomic E-state index is 0.434. The molecule has 0 bridgehead atoms. The van der Waals surface area contributed by atoms with E-state index in [2.05, 4.69) is 0 Å². The summed E-state index contributed by atoms with van der Waals surface area (Å²) in [5, 5.41) is 5.92. The van der Waals surface area contributed by atoms with E-state index in [0.29, 0.717) is 0 Å². The van der Waals surface area contributed by atoms with Crippen molar-refractivity contribution < 1.29 is 53.4 Å². The molecule has 34 heavy (non-hydrogen) atoms. The Labute approximate surface area is 181 Å². The third kappa shape index (κ3) is 3.08. The number of phenolic OH excluding ortho intramolecular Hbond substituents is 1. The molecule has 4 rings (SSSR count). The van der Waals surface area contributed by atoms with Crippen molar-refractivity contribution in [3.63, 3.8) is 0 Å². The second kappa shape index (κ2) is 7.89. The molecule has 0 fully saturated rings. The predicted molar refractivity (Wildman–Crippen MR) is 96.0 cm³/mol. The Morgan fingerprint density at radius 3 is 1.15 bits per heavy atom. The highest BCUT2D eigenvalue weighted by Gasteiger charge is 2.36. The number of fused-ring (bicyclic) bond motifs is 1. The van der Waals surface area contributed by atoms with E-state index in [4.69, 9.17) is 0 Å². The molecule has 1 N–H and O–H groups in total. The monoisotopic (exact) mass is 494 g/mol. The quantitative estimate of drug-likeness (QED) is 0.175. The molecule has 0 amide bonds. The van der Waals surface area contributed by atoms with Gasteiger partial charge in [0.05, 0.1) is 5.56 Å². The first-order valence-corrected chi connectivity index (χ1v) is 8.87. The molecule has 1 nitrogen and oxygen atoms in total. The summed E-state index contributed by atoms with van der Waals surface area (Å²) in [6.45, 7) is 0. The Hall–Kier alpha value is -3.83. The van der Waals surface area contributed by atoms with E-state index >= 15 is 8.78 Å². The van der Waals surface area contributed by atoms with Gasteiger partial charge in [-0.3, -0.25) is 0 Å². The van der Waals surface area contributed by atoms with Gasteiger partial charge in [0, 0.05) is 21.9 Å². The van der Waals surface area contributed by atoms with Crippen molar-refractivity contribution in [3.05, 3.63) is 88.3 Å². The lowest BCUT2D eigenvalue weighted by atomic mass is 9.89. The minimum atomic E-state index is -2.73. The van der Waals surface area contributed by atoms with Crippen LogP contribution in [-0.2, 0) is 0 Å². The van der Waals surface area contributed by atoms with Crippen LogP contribution in [0.3, 0.4) is 0 Å². The van der Waals surface area contributed by atoms with Crippen LogP contribution in [0, 0.1) is 64.0 Å². The van der Waals surface area contributed by atoms with Crippen molar-refractivity contribution in [2.24, 2.45) is 0 Å². The van der Waals surface area contributed by atoms with Crippen molar-refractivity contribution in [1.29, 1.82) is 0 Å². The lowest BCUT2D eigenvalue weighted by molar-refractivity contribution is 0.380.